The van der Waals surface area contributed by atoms with Crippen LogP contribution in [-0.2, 0) is 10.0 Å². The molecule has 0 fully saturated rings. The van der Waals surface area contributed by atoms with Gasteiger partial charge in [-0.3, -0.25) is 9.52 Å². The van der Waals surface area contributed by atoms with Gasteiger partial charge < -0.3 is 9.64 Å². The Morgan fingerprint density at radius 3 is 2.25 bits per heavy atom. The first-order valence-electron chi connectivity index (χ1n) is 6.92. The molecule has 0 saturated carbocycles. The molecule has 1 amide bonds. The second-order valence-electron chi connectivity index (χ2n) is 5.18. The predicted molar refractivity (Wildman–Crippen MR) is 93.3 cm³/mol. The summed E-state index contributed by atoms with van der Waals surface area (Å²) in [7, 11) is 0.943. The van der Waals surface area contributed by atoms with Gasteiger partial charge >= 0.3 is 0 Å². The molecule has 0 aliphatic carbocycles. The van der Waals surface area contributed by atoms with Gasteiger partial charge in [0.05, 0.1) is 17.0 Å². The second-order valence-corrected chi connectivity index (χ2v) is 7.27. The predicted octanol–water partition coefficient (Wildman–Crippen LogP) is 2.85. The number of halogens is 1. The number of methoxy groups -OCH3 is 1. The normalized spacial score (nSPS) is 11.0. The lowest BCUT2D eigenvalue weighted by Gasteiger charge is -2.12. The number of rotatable bonds is 5. The van der Waals surface area contributed by atoms with E-state index in [2.05, 4.69) is 4.72 Å². The molecule has 0 radical (unpaired) electrons. The number of carbonyl (C=O) groups excluding carboxylic acids is 1. The van der Waals surface area contributed by atoms with Crippen LogP contribution in [-0.4, -0.2) is 40.4 Å². The van der Waals surface area contributed by atoms with Gasteiger partial charge in [0, 0.05) is 25.3 Å². The summed E-state index contributed by atoms with van der Waals surface area (Å²) in [5, 5.41) is 0.201. The van der Waals surface area contributed by atoms with Gasteiger partial charge in [0.1, 0.15) is 5.75 Å². The molecule has 1 N–H and O–H groups in total. The first-order valence-corrected chi connectivity index (χ1v) is 8.79. The highest BCUT2D eigenvalue weighted by atomic mass is 35.5. The lowest BCUT2D eigenvalue weighted by Crippen LogP contribution is -2.21. The zero-order valence-electron chi connectivity index (χ0n) is 13.4. The molecule has 0 saturated heterocycles. The number of amides is 1. The molecule has 2 aromatic rings. The van der Waals surface area contributed by atoms with Crippen LogP contribution < -0.4 is 9.46 Å². The van der Waals surface area contributed by atoms with Gasteiger partial charge in [0.15, 0.2) is 0 Å². The summed E-state index contributed by atoms with van der Waals surface area (Å²) in [5.74, 6) is 0.230. The van der Waals surface area contributed by atoms with Crippen LogP contribution in [0.4, 0.5) is 5.69 Å². The van der Waals surface area contributed by atoms with E-state index in [1.165, 1.54) is 42.3 Å². The fourth-order valence-electron chi connectivity index (χ4n) is 1.97. The van der Waals surface area contributed by atoms with Gasteiger partial charge in [-0.05, 0) is 42.5 Å². The Balaban J connectivity index is 2.23. The van der Waals surface area contributed by atoms with Gasteiger partial charge in [-0.1, -0.05) is 11.6 Å². The van der Waals surface area contributed by atoms with E-state index in [-0.39, 0.29) is 15.8 Å². The van der Waals surface area contributed by atoms with Crippen LogP contribution in [0.3, 0.4) is 0 Å². The van der Waals surface area contributed by atoms with Crippen molar-refractivity contribution >= 4 is 33.2 Å². The van der Waals surface area contributed by atoms with Crippen LogP contribution in [0.25, 0.3) is 0 Å². The van der Waals surface area contributed by atoms with Crippen LogP contribution in [0.2, 0.25) is 5.02 Å². The second kappa shape index (κ2) is 7.11. The van der Waals surface area contributed by atoms with E-state index in [9.17, 15) is 13.2 Å². The minimum absolute atomic E-state index is 0.0155. The van der Waals surface area contributed by atoms with Gasteiger partial charge in [0.25, 0.3) is 15.9 Å². The number of nitrogens with one attached hydrogen (secondary N) is 1. The zero-order valence-corrected chi connectivity index (χ0v) is 15.0. The number of hydrogen-bond donors (Lipinski definition) is 1. The highest BCUT2D eigenvalue weighted by Crippen LogP contribution is 2.27. The van der Waals surface area contributed by atoms with E-state index in [0.717, 1.165) is 0 Å². The Labute approximate surface area is 146 Å². The first kappa shape index (κ1) is 18.1. The van der Waals surface area contributed by atoms with Gasteiger partial charge in [-0.15, -0.1) is 0 Å². The quantitative estimate of drug-likeness (QED) is 0.880. The van der Waals surface area contributed by atoms with Crippen molar-refractivity contribution in [2.45, 2.75) is 4.90 Å². The van der Waals surface area contributed by atoms with Crippen molar-refractivity contribution in [1.29, 1.82) is 0 Å². The van der Waals surface area contributed by atoms with Gasteiger partial charge in [-0.25, -0.2) is 8.42 Å². The molecule has 0 aliphatic heterocycles. The Hall–Kier alpha value is -2.25. The van der Waals surface area contributed by atoms with Crippen molar-refractivity contribution in [3.05, 3.63) is 53.1 Å². The van der Waals surface area contributed by atoms with Crippen molar-refractivity contribution < 1.29 is 17.9 Å². The number of nitrogens with zero attached hydrogens (tertiary/aromatic N) is 1. The molecule has 24 heavy (non-hydrogen) atoms. The summed E-state index contributed by atoms with van der Waals surface area (Å²) in [6.07, 6.45) is 0. The van der Waals surface area contributed by atoms with E-state index in [1.54, 1.807) is 26.2 Å². The molecule has 0 spiro atoms. The molecular weight excluding hydrogens is 352 g/mol. The smallest absolute Gasteiger partial charge is 0.261 e. The third-order valence-corrected chi connectivity index (χ3v) is 4.90. The summed E-state index contributed by atoms with van der Waals surface area (Å²) in [5.41, 5.74) is 0.813. The number of sulfonamides is 1. The van der Waals surface area contributed by atoms with E-state index in [4.69, 9.17) is 16.3 Å². The van der Waals surface area contributed by atoms with E-state index in [0.29, 0.717) is 17.0 Å². The van der Waals surface area contributed by atoms with Crippen LogP contribution in [0, 0.1) is 0 Å². The molecule has 0 aromatic heterocycles. The van der Waals surface area contributed by atoms with Gasteiger partial charge in [-0.2, -0.15) is 0 Å². The Morgan fingerprint density at radius 1 is 1.12 bits per heavy atom. The molecule has 6 nitrogen and oxygen atoms in total. The Morgan fingerprint density at radius 2 is 1.75 bits per heavy atom. The summed E-state index contributed by atoms with van der Waals surface area (Å²) < 4.78 is 32.2. The minimum atomic E-state index is -3.80. The van der Waals surface area contributed by atoms with Crippen molar-refractivity contribution in [3.8, 4) is 5.75 Å². The number of carbonyl (C=O) groups is 1. The molecule has 0 bridgehead atoms. The fourth-order valence-corrected chi connectivity index (χ4v) is 3.37. The van der Waals surface area contributed by atoms with Crippen molar-refractivity contribution in [3.63, 3.8) is 0 Å². The van der Waals surface area contributed by atoms with Crippen LogP contribution in [0.1, 0.15) is 10.4 Å². The third kappa shape index (κ3) is 3.98. The zero-order chi connectivity index (χ0) is 17.9. The van der Waals surface area contributed by atoms with E-state index in [1.807, 2.05) is 0 Å². The first-order chi connectivity index (χ1) is 11.2. The average molecular weight is 369 g/mol. The maximum absolute atomic E-state index is 12.4. The van der Waals surface area contributed by atoms with Crippen LogP contribution >= 0.6 is 11.6 Å². The highest BCUT2D eigenvalue weighted by Gasteiger charge is 2.16. The summed E-state index contributed by atoms with van der Waals surface area (Å²) in [4.78, 5) is 13.3. The van der Waals surface area contributed by atoms with Gasteiger partial charge in [0.2, 0.25) is 0 Å². The molecule has 0 heterocycles. The van der Waals surface area contributed by atoms with Crippen molar-refractivity contribution in [2.75, 3.05) is 25.9 Å². The third-order valence-electron chi connectivity index (χ3n) is 3.22. The molecule has 2 rings (SSSR count). The molecule has 0 aliphatic rings. The minimum Gasteiger partial charge on any atom is -0.495 e. The Kier molecular flexibility index (Phi) is 5.36. The fraction of sp³-hybridized carbons (Fsp3) is 0.188. The molecule has 8 heteroatoms. The van der Waals surface area contributed by atoms with E-state index < -0.39 is 10.0 Å². The summed E-state index contributed by atoms with van der Waals surface area (Å²) >= 11 is 5.96. The number of benzene rings is 2. The monoisotopic (exact) mass is 368 g/mol. The van der Waals surface area contributed by atoms with Crippen LogP contribution in [0.5, 0.6) is 5.75 Å². The number of hydrogen-bond acceptors (Lipinski definition) is 4. The maximum atomic E-state index is 12.4. The topological polar surface area (TPSA) is 75.7 Å². The number of anilines is 1. The maximum Gasteiger partial charge on any atom is 0.261 e. The SMILES string of the molecule is COc1ccc(S(=O)(=O)Nc2ccc(C(=O)N(C)C)cc2)cc1Cl. The van der Waals surface area contributed by atoms with Crippen LogP contribution in [0.15, 0.2) is 47.4 Å². The number of ether oxygens (including phenoxy) is 1. The molecule has 0 unspecified atom stereocenters. The summed E-state index contributed by atoms with van der Waals surface area (Å²) in [6, 6.07) is 10.4. The summed E-state index contributed by atoms with van der Waals surface area (Å²) in [6.45, 7) is 0. The molecule has 0 atom stereocenters. The van der Waals surface area contributed by atoms with Crippen molar-refractivity contribution in [2.24, 2.45) is 0 Å². The molecular formula is C16H17ClN2O4S. The lowest BCUT2D eigenvalue weighted by molar-refractivity contribution is 0.0827. The molecule has 2 aromatic carbocycles. The lowest BCUT2D eigenvalue weighted by atomic mass is 10.2. The highest BCUT2D eigenvalue weighted by molar-refractivity contribution is 7.92. The largest absolute Gasteiger partial charge is 0.495 e. The Bertz CT molecular complexity index is 849. The average Bonchev–Trinajstić information content (AvgIpc) is 2.54. The standard InChI is InChI=1S/C16H17ClN2O4S/c1-19(2)16(20)11-4-6-12(7-5-11)18-24(21,22)13-8-9-15(23-3)14(17)10-13/h4-10,18H,1-3H3. The van der Waals surface area contributed by atoms with Crippen molar-refractivity contribution in [1.82, 2.24) is 4.90 Å². The van der Waals surface area contributed by atoms with E-state index >= 15 is 0 Å². The molecule has 128 valence electrons.